The third-order valence-corrected chi connectivity index (χ3v) is 5.38. The van der Waals surface area contributed by atoms with E-state index < -0.39 is 17.1 Å². The monoisotopic (exact) mass is 446 g/mol. The van der Waals surface area contributed by atoms with Crippen molar-refractivity contribution in [3.05, 3.63) is 100 Å². The van der Waals surface area contributed by atoms with Gasteiger partial charge in [0.25, 0.3) is 5.56 Å². The average molecular weight is 448 g/mol. The fourth-order valence-electron chi connectivity index (χ4n) is 2.57. The highest BCUT2D eigenvalue weighted by molar-refractivity contribution is 6.36. The number of nitrogens with zero attached hydrogens (tertiary/aromatic N) is 2. The molecule has 0 unspecified atom stereocenters. The van der Waals surface area contributed by atoms with E-state index in [-0.39, 0.29) is 23.1 Å². The molecule has 0 saturated heterocycles. The molecule has 0 aliphatic carbocycles. The third kappa shape index (κ3) is 4.06. The van der Waals surface area contributed by atoms with Crippen molar-refractivity contribution in [1.82, 2.24) is 9.13 Å². The van der Waals surface area contributed by atoms with Gasteiger partial charge in [0.15, 0.2) is 0 Å². The Balaban J connectivity index is 2.12. The molecule has 2 aromatic carbocycles. The van der Waals surface area contributed by atoms with Crippen LogP contribution in [0.25, 0.3) is 0 Å². The Bertz CT molecular complexity index is 1100. The molecular weight excluding hydrogens is 437 g/mol. The van der Waals surface area contributed by atoms with E-state index in [1.165, 1.54) is 0 Å². The summed E-state index contributed by atoms with van der Waals surface area (Å²) in [6.07, 6.45) is 0.828. The van der Waals surface area contributed by atoms with Crippen LogP contribution in [-0.4, -0.2) is 9.13 Å². The van der Waals surface area contributed by atoms with E-state index in [1.807, 2.05) is 0 Å². The van der Waals surface area contributed by atoms with Crippen molar-refractivity contribution in [2.24, 2.45) is 0 Å². The van der Waals surface area contributed by atoms with Crippen LogP contribution in [0.5, 0.6) is 0 Å². The average Bonchev–Trinajstić information content (AvgIpc) is 2.61. The summed E-state index contributed by atoms with van der Waals surface area (Å²) in [4.78, 5) is 25.0. The van der Waals surface area contributed by atoms with Crippen LogP contribution in [-0.2, 0) is 13.1 Å². The maximum absolute atomic E-state index is 14.2. The zero-order valence-corrected chi connectivity index (χ0v) is 16.6. The zero-order chi connectivity index (χ0) is 19.7. The largest absolute Gasteiger partial charge is 0.331 e. The van der Waals surface area contributed by atoms with Crippen LogP contribution in [0.15, 0.2) is 52.2 Å². The predicted octanol–water partition coefficient (Wildman–Crippen LogP) is 4.86. The molecule has 1 heterocycles. The number of benzene rings is 2. The minimum absolute atomic E-state index is 0.106. The molecule has 0 bridgehead atoms. The van der Waals surface area contributed by atoms with Crippen molar-refractivity contribution in [2.45, 2.75) is 13.1 Å². The number of hydrogen-bond acceptors (Lipinski definition) is 2. The molecule has 140 valence electrons. The van der Waals surface area contributed by atoms with Crippen LogP contribution in [0.1, 0.15) is 11.1 Å². The van der Waals surface area contributed by atoms with Gasteiger partial charge in [-0.25, -0.2) is 4.79 Å². The van der Waals surface area contributed by atoms with Gasteiger partial charge in [0.2, 0.25) is 5.82 Å². The second-order valence-electron chi connectivity index (χ2n) is 5.68. The van der Waals surface area contributed by atoms with E-state index in [1.54, 1.807) is 36.4 Å². The molecule has 0 aliphatic heterocycles. The van der Waals surface area contributed by atoms with Gasteiger partial charge in [0, 0.05) is 31.2 Å². The molecule has 0 spiro atoms. The second kappa shape index (κ2) is 8.07. The van der Waals surface area contributed by atoms with E-state index in [0.717, 1.165) is 15.3 Å². The van der Waals surface area contributed by atoms with E-state index in [2.05, 4.69) is 0 Å². The highest BCUT2D eigenvalue weighted by Crippen LogP contribution is 2.25. The molecule has 0 aliphatic rings. The van der Waals surface area contributed by atoms with Gasteiger partial charge in [-0.1, -0.05) is 58.5 Å². The Morgan fingerprint density at radius 3 is 1.70 bits per heavy atom. The molecule has 0 fully saturated rings. The molecule has 0 atom stereocenters. The van der Waals surface area contributed by atoms with E-state index in [4.69, 9.17) is 46.4 Å². The minimum atomic E-state index is -1.10. The summed E-state index contributed by atoms with van der Waals surface area (Å²) in [6.45, 7) is -0.380. The molecule has 0 radical (unpaired) electrons. The van der Waals surface area contributed by atoms with Gasteiger partial charge in [-0.3, -0.25) is 13.9 Å². The Hall–Kier alpha value is -1.79. The first-order chi connectivity index (χ1) is 12.8. The van der Waals surface area contributed by atoms with Crippen LogP contribution >= 0.6 is 46.4 Å². The summed E-state index contributed by atoms with van der Waals surface area (Å²) >= 11 is 24.4. The van der Waals surface area contributed by atoms with Gasteiger partial charge >= 0.3 is 5.69 Å². The first-order valence-corrected chi connectivity index (χ1v) is 9.16. The van der Waals surface area contributed by atoms with Gasteiger partial charge in [0.05, 0.1) is 19.3 Å². The van der Waals surface area contributed by atoms with Crippen molar-refractivity contribution in [3.8, 4) is 0 Å². The molecule has 3 aromatic rings. The topological polar surface area (TPSA) is 44.0 Å². The summed E-state index contributed by atoms with van der Waals surface area (Å²) in [6, 6.07) is 9.61. The lowest BCUT2D eigenvalue weighted by molar-refractivity contribution is 0.518. The number of hydrogen-bond donors (Lipinski definition) is 0. The Morgan fingerprint density at radius 2 is 1.22 bits per heavy atom. The summed E-state index contributed by atoms with van der Waals surface area (Å²) in [5, 5.41) is 1.17. The number of rotatable bonds is 4. The van der Waals surface area contributed by atoms with Gasteiger partial charge in [0.1, 0.15) is 0 Å². The number of halogens is 5. The van der Waals surface area contributed by atoms with Crippen LogP contribution in [0.4, 0.5) is 4.39 Å². The Morgan fingerprint density at radius 1 is 0.778 bits per heavy atom. The van der Waals surface area contributed by atoms with Gasteiger partial charge in [-0.15, -0.1) is 0 Å². The lowest BCUT2D eigenvalue weighted by atomic mass is 10.2. The molecule has 3 rings (SSSR count). The van der Waals surface area contributed by atoms with Crippen molar-refractivity contribution in [3.63, 3.8) is 0 Å². The molecule has 1 aromatic heterocycles. The molecule has 0 N–H and O–H groups in total. The maximum Gasteiger partial charge on any atom is 0.331 e. The second-order valence-corrected chi connectivity index (χ2v) is 7.31. The first kappa shape index (κ1) is 20.0. The van der Waals surface area contributed by atoms with Crippen LogP contribution < -0.4 is 11.2 Å². The minimum Gasteiger partial charge on any atom is -0.293 e. The normalized spacial score (nSPS) is 11.0. The molecular formula is C18H11Cl4FN2O2. The third-order valence-electron chi connectivity index (χ3n) is 3.96. The fraction of sp³-hybridized carbons (Fsp3) is 0.111. The predicted molar refractivity (Wildman–Crippen MR) is 106 cm³/mol. The standard InChI is InChI=1S/C18H11Cl4FN2O2/c19-12-3-1-4-13(20)10(12)7-24-9-16(23)17(26)25(18(24)27)8-11-14(21)5-2-6-15(11)22/h1-6,9H,7-8H2. The van der Waals surface area contributed by atoms with E-state index in [0.29, 0.717) is 21.2 Å². The summed E-state index contributed by atoms with van der Waals surface area (Å²) in [7, 11) is 0. The maximum atomic E-state index is 14.2. The lowest BCUT2D eigenvalue weighted by Gasteiger charge is -2.13. The number of aromatic nitrogens is 2. The smallest absolute Gasteiger partial charge is 0.293 e. The highest BCUT2D eigenvalue weighted by Gasteiger charge is 2.16. The van der Waals surface area contributed by atoms with Crippen molar-refractivity contribution < 1.29 is 4.39 Å². The zero-order valence-electron chi connectivity index (χ0n) is 13.6. The fourth-order valence-corrected chi connectivity index (χ4v) is 3.60. The SMILES string of the molecule is O=c1c(F)cn(Cc2c(Cl)cccc2Cl)c(=O)n1Cc1c(Cl)cccc1Cl. The first-order valence-electron chi connectivity index (χ1n) is 7.65. The van der Waals surface area contributed by atoms with Crippen molar-refractivity contribution in [2.75, 3.05) is 0 Å². The Kier molecular flexibility index (Phi) is 5.96. The Labute approximate surface area is 173 Å². The van der Waals surface area contributed by atoms with Crippen LogP contribution in [0.2, 0.25) is 20.1 Å². The summed E-state index contributed by atoms with van der Waals surface area (Å²) in [5.41, 5.74) is -1.04. The quantitative estimate of drug-likeness (QED) is 0.573. The van der Waals surface area contributed by atoms with Gasteiger partial charge in [-0.2, -0.15) is 4.39 Å². The molecule has 9 heteroatoms. The molecule has 4 nitrogen and oxygen atoms in total. The molecule has 27 heavy (non-hydrogen) atoms. The van der Waals surface area contributed by atoms with Crippen LogP contribution in [0, 0.1) is 5.82 Å². The summed E-state index contributed by atoms with van der Waals surface area (Å²) < 4.78 is 16.0. The van der Waals surface area contributed by atoms with Crippen molar-refractivity contribution in [1.29, 1.82) is 0 Å². The van der Waals surface area contributed by atoms with E-state index in [9.17, 15) is 14.0 Å². The van der Waals surface area contributed by atoms with Gasteiger partial charge < -0.3 is 0 Å². The van der Waals surface area contributed by atoms with Gasteiger partial charge in [-0.05, 0) is 24.3 Å². The lowest BCUT2D eigenvalue weighted by Crippen LogP contribution is -2.41. The van der Waals surface area contributed by atoms with Crippen LogP contribution in [0.3, 0.4) is 0 Å². The summed E-state index contributed by atoms with van der Waals surface area (Å²) in [5.74, 6) is -1.10. The van der Waals surface area contributed by atoms with Crippen molar-refractivity contribution >= 4 is 46.4 Å². The molecule has 0 saturated carbocycles. The molecule has 0 amide bonds. The highest BCUT2D eigenvalue weighted by atomic mass is 35.5. The van der Waals surface area contributed by atoms with E-state index >= 15 is 0 Å².